The fourth-order valence-corrected chi connectivity index (χ4v) is 11.0. The van der Waals surface area contributed by atoms with Gasteiger partial charge in [0.1, 0.15) is 48.8 Å². The summed E-state index contributed by atoms with van der Waals surface area (Å²) in [5, 5.41) is 22.7. The highest BCUT2D eigenvalue weighted by Gasteiger charge is 2.52. The lowest BCUT2D eigenvalue weighted by Gasteiger charge is -2.50. The van der Waals surface area contributed by atoms with Crippen LogP contribution in [0.5, 0.6) is 0 Å². The molecule has 0 bridgehead atoms. The molecule has 66 heavy (non-hydrogen) atoms. The largest absolute Gasteiger partial charge is 0.392 e. The van der Waals surface area contributed by atoms with E-state index in [9.17, 15) is 10.2 Å². The van der Waals surface area contributed by atoms with Crippen molar-refractivity contribution >= 4 is 0 Å². The number of aliphatic hydroxyl groups is 2. The van der Waals surface area contributed by atoms with Crippen molar-refractivity contribution < 1.29 is 67.1 Å². The average Bonchev–Trinajstić information content (AvgIpc) is 4.12. The zero-order chi connectivity index (χ0) is 48.9. The van der Waals surface area contributed by atoms with Crippen LogP contribution in [0.2, 0.25) is 0 Å². The minimum Gasteiger partial charge on any atom is -0.392 e. The normalized spacial score (nSPS) is 37.6. The van der Waals surface area contributed by atoms with Crippen molar-refractivity contribution in [3.63, 3.8) is 0 Å². The number of rotatable bonds is 28. The van der Waals surface area contributed by atoms with E-state index in [2.05, 4.69) is 53.7 Å². The van der Waals surface area contributed by atoms with E-state index in [1.807, 2.05) is 38.2 Å². The fraction of sp³-hybridized carbons (Fsp3) is 0.846. The summed E-state index contributed by atoms with van der Waals surface area (Å²) in [6.45, 7) is 17.2. The molecule has 0 radical (unpaired) electrons. The van der Waals surface area contributed by atoms with Gasteiger partial charge in [0.05, 0.1) is 37.1 Å². The molecule has 0 aromatic rings. The van der Waals surface area contributed by atoms with Crippen LogP contribution in [0.4, 0.5) is 0 Å². The Morgan fingerprint density at radius 3 is 1.62 bits per heavy atom. The first-order chi connectivity index (χ1) is 31.6. The summed E-state index contributed by atoms with van der Waals surface area (Å²) in [5.41, 5.74) is 1.05. The number of allylic oxidation sites excluding steroid dienone is 4. The number of hydrogen-bond acceptors (Lipinski definition) is 14. The summed E-state index contributed by atoms with van der Waals surface area (Å²) >= 11 is 0. The lowest BCUT2D eigenvalue weighted by atomic mass is 9.60. The van der Waals surface area contributed by atoms with Gasteiger partial charge in [0.2, 0.25) is 0 Å². The molecule has 0 aromatic heterocycles. The third-order valence-electron chi connectivity index (χ3n) is 15.6. The third-order valence-corrected chi connectivity index (χ3v) is 15.6. The van der Waals surface area contributed by atoms with E-state index in [-0.39, 0.29) is 43.2 Å². The number of aliphatic hydroxyl groups excluding tert-OH is 1. The van der Waals surface area contributed by atoms with Crippen molar-refractivity contribution in [3.05, 3.63) is 47.6 Å². The summed E-state index contributed by atoms with van der Waals surface area (Å²) in [6, 6.07) is 0. The van der Waals surface area contributed by atoms with Gasteiger partial charge in [-0.3, -0.25) is 0 Å². The Balaban J connectivity index is 1.42. The molecule has 2 N–H and O–H groups in total. The Hall–Kier alpha value is -1.60. The molecule has 2 aliphatic carbocycles. The van der Waals surface area contributed by atoms with Crippen molar-refractivity contribution in [1.29, 1.82) is 0 Å². The van der Waals surface area contributed by atoms with Gasteiger partial charge in [-0.15, -0.1) is 0 Å². The van der Waals surface area contributed by atoms with E-state index >= 15 is 0 Å². The molecule has 4 rings (SSSR count). The highest BCUT2D eigenvalue weighted by molar-refractivity contribution is 5.21. The Labute approximate surface area is 398 Å². The molecular weight excluding hydrogens is 849 g/mol. The highest BCUT2D eigenvalue weighted by atomic mass is 16.7. The van der Waals surface area contributed by atoms with E-state index in [0.29, 0.717) is 23.7 Å². The van der Waals surface area contributed by atoms with Gasteiger partial charge < -0.3 is 67.1 Å². The van der Waals surface area contributed by atoms with E-state index in [4.69, 9.17) is 56.8 Å². The number of ether oxygens (including phenoxy) is 12. The number of methoxy groups -OCH3 is 8. The quantitative estimate of drug-likeness (QED) is 0.0607. The van der Waals surface area contributed by atoms with Crippen molar-refractivity contribution in [3.8, 4) is 0 Å². The van der Waals surface area contributed by atoms with Gasteiger partial charge in [-0.1, -0.05) is 78.0 Å². The second-order valence-corrected chi connectivity index (χ2v) is 19.4. The number of hydrogen-bond donors (Lipinski definition) is 2. The van der Waals surface area contributed by atoms with Crippen LogP contribution in [-0.2, 0) is 56.8 Å². The van der Waals surface area contributed by atoms with Gasteiger partial charge in [-0.2, -0.15) is 0 Å². The summed E-state index contributed by atoms with van der Waals surface area (Å²) < 4.78 is 73.0. The second kappa shape index (κ2) is 27.1. The Morgan fingerprint density at radius 2 is 1.09 bits per heavy atom. The Morgan fingerprint density at radius 1 is 0.606 bits per heavy atom. The van der Waals surface area contributed by atoms with Crippen LogP contribution in [0.25, 0.3) is 0 Å². The first kappa shape index (κ1) is 57.0. The van der Waals surface area contributed by atoms with Gasteiger partial charge >= 0.3 is 0 Å². The van der Waals surface area contributed by atoms with Gasteiger partial charge in [0.25, 0.3) is 0 Å². The molecule has 2 saturated carbocycles. The minimum atomic E-state index is -0.812. The summed E-state index contributed by atoms with van der Waals surface area (Å²) in [4.78, 5) is 0. The fourth-order valence-electron chi connectivity index (χ4n) is 11.0. The summed E-state index contributed by atoms with van der Waals surface area (Å²) in [7, 11) is 13.2. The molecule has 0 unspecified atom stereocenters. The van der Waals surface area contributed by atoms with Gasteiger partial charge in [0, 0.05) is 68.7 Å². The molecule has 0 amide bonds. The van der Waals surface area contributed by atoms with Gasteiger partial charge in [-0.25, -0.2) is 0 Å². The third kappa shape index (κ3) is 13.6. The van der Waals surface area contributed by atoms with Crippen molar-refractivity contribution in [2.24, 2.45) is 41.4 Å². The maximum Gasteiger partial charge on any atom is 0.187 e. The molecule has 382 valence electrons. The maximum atomic E-state index is 11.5. The van der Waals surface area contributed by atoms with Crippen LogP contribution < -0.4 is 0 Å². The van der Waals surface area contributed by atoms with E-state index < -0.39 is 73.1 Å². The lowest BCUT2D eigenvalue weighted by Crippen LogP contribution is -2.61. The first-order valence-electron chi connectivity index (χ1n) is 24.4. The second-order valence-electron chi connectivity index (χ2n) is 19.4. The molecule has 0 spiro atoms. The predicted octanol–water partition coefficient (Wildman–Crippen LogP) is 7.10. The molecule has 2 saturated heterocycles. The highest BCUT2D eigenvalue weighted by Crippen LogP contribution is 2.50. The van der Waals surface area contributed by atoms with Crippen LogP contribution in [0.3, 0.4) is 0 Å². The molecular formula is C52H90O14. The zero-order valence-electron chi connectivity index (χ0n) is 43.3. The SMILES string of the molecule is CC[C@H](OC)[C@@H](C)[C@@H]1C[C@H]1[C@H](O)[C@H](C)/C=C/C=C(\C)[C@H]1O[C@H](OCCO[C@H]2[C@H](OC)[C@@H](OC)[C@@H](OC)O[C@@H]2/C(C)=C/C=C/[C@@H](C)[C@]2(O)C[C@H]([C@H](C)[C@H](CC)OC)C2)[C@H](OC)[C@@H](OC)[C@@H]1OC. The van der Waals surface area contributed by atoms with Crippen LogP contribution in [-0.4, -0.2) is 166 Å². The smallest absolute Gasteiger partial charge is 0.187 e. The van der Waals surface area contributed by atoms with Crippen LogP contribution in [0.15, 0.2) is 47.6 Å². The lowest BCUT2D eigenvalue weighted by molar-refractivity contribution is -0.311. The van der Waals surface area contributed by atoms with Crippen LogP contribution in [0.1, 0.15) is 87.5 Å². The molecule has 0 aromatic carbocycles. The van der Waals surface area contributed by atoms with Crippen molar-refractivity contribution in [1.82, 2.24) is 0 Å². The van der Waals surface area contributed by atoms with E-state index in [1.54, 1.807) is 56.9 Å². The molecule has 4 aliphatic rings. The standard InChI is InChI=1S/C52H90O14/c1-17-39(55-9)34(7)36-28-52(54,29-36)33(6)24-20-23-32(5)43-47(46(59-13)48(60-14)50(62-16)65-43)63-25-26-64-51-49(61-15)45(58-12)44(57-11)42(66-51)31(4)22-19-21-30(3)41(53)38-27-37(38)35(8)40(18-2)56-10/h19-24,30,33-51,53-54H,17-18,25-29H2,1-16H3/b21-19+,24-20+,31-22+,32-23+/t30-,33-,34+,35+,36-,37+,38-,39+,40+,41-,42-,43-,44-,45+,46+,47-,48-,49-,50+,51+,52-/m1/s1. The first-order valence-corrected chi connectivity index (χ1v) is 24.4. The van der Waals surface area contributed by atoms with Gasteiger partial charge in [-0.05, 0) is 86.7 Å². The minimum absolute atomic E-state index is 0.0281. The Kier molecular flexibility index (Phi) is 23.4. The maximum absolute atomic E-state index is 11.5. The predicted molar refractivity (Wildman–Crippen MR) is 254 cm³/mol. The van der Waals surface area contributed by atoms with E-state index in [0.717, 1.165) is 43.3 Å². The van der Waals surface area contributed by atoms with Crippen LogP contribution in [0, 0.1) is 41.4 Å². The van der Waals surface area contributed by atoms with Crippen molar-refractivity contribution in [2.75, 3.05) is 70.1 Å². The molecule has 4 fully saturated rings. The Bertz CT molecular complexity index is 1520. The molecule has 2 aliphatic heterocycles. The summed E-state index contributed by atoms with van der Waals surface area (Å²) in [5.74, 6) is 1.90. The molecule has 14 heteroatoms. The topological polar surface area (TPSA) is 151 Å². The summed E-state index contributed by atoms with van der Waals surface area (Å²) in [6.07, 6.45) is 10.7. The van der Waals surface area contributed by atoms with Crippen molar-refractivity contribution in [2.45, 2.75) is 173 Å². The zero-order valence-corrected chi connectivity index (χ0v) is 43.3. The molecule has 14 nitrogen and oxygen atoms in total. The molecule has 2 heterocycles. The van der Waals surface area contributed by atoms with E-state index in [1.165, 1.54) is 0 Å². The average molecular weight is 939 g/mol. The van der Waals surface area contributed by atoms with Gasteiger partial charge in [0.15, 0.2) is 12.6 Å². The molecule has 19 atom stereocenters. The van der Waals surface area contributed by atoms with Crippen LogP contribution >= 0.6 is 0 Å². The monoisotopic (exact) mass is 939 g/mol.